The van der Waals surface area contributed by atoms with Crippen LogP contribution in [0.1, 0.15) is 36.2 Å². The molecule has 3 N–H and O–H groups in total. The predicted octanol–water partition coefficient (Wildman–Crippen LogP) is 1.37. The lowest BCUT2D eigenvalue weighted by molar-refractivity contribution is -0.148. The van der Waals surface area contributed by atoms with Gasteiger partial charge in [-0.1, -0.05) is 6.07 Å². The van der Waals surface area contributed by atoms with E-state index in [1.54, 1.807) is 18.2 Å². The van der Waals surface area contributed by atoms with Gasteiger partial charge in [0, 0.05) is 24.2 Å². The Labute approximate surface area is 116 Å². The summed E-state index contributed by atoms with van der Waals surface area (Å²) in [5.74, 6) is -1.58. The molecule has 0 aliphatic carbocycles. The summed E-state index contributed by atoms with van der Waals surface area (Å²) in [4.78, 5) is 34.3. The molecule has 2 rings (SSSR count). The Hall–Kier alpha value is -2.37. The molecule has 1 aliphatic rings. The molecule has 1 aromatic rings. The van der Waals surface area contributed by atoms with Crippen LogP contribution in [0.3, 0.4) is 0 Å². The van der Waals surface area contributed by atoms with Crippen LogP contribution < -0.4 is 10.6 Å². The second-order valence-electron chi connectivity index (χ2n) is 5.47. The van der Waals surface area contributed by atoms with E-state index in [9.17, 15) is 14.4 Å². The number of benzene rings is 1. The number of rotatable bonds is 4. The molecule has 1 aromatic carbocycles. The highest BCUT2D eigenvalue weighted by Gasteiger charge is 2.30. The summed E-state index contributed by atoms with van der Waals surface area (Å²) in [5, 5.41) is 14.3. The number of nitrogens with one attached hydrogen (secondary N) is 2. The molecule has 2 amide bonds. The second-order valence-corrected chi connectivity index (χ2v) is 5.47. The monoisotopic (exact) mass is 276 g/mol. The fraction of sp³-hybridized carbons (Fsp3) is 0.357. The molecule has 1 aliphatic heterocycles. The van der Waals surface area contributed by atoms with Crippen molar-refractivity contribution < 1.29 is 19.5 Å². The molecule has 1 heterocycles. The third kappa shape index (κ3) is 2.79. The zero-order valence-electron chi connectivity index (χ0n) is 11.3. The molecule has 6 nitrogen and oxygen atoms in total. The van der Waals surface area contributed by atoms with Crippen LogP contribution in [0.15, 0.2) is 18.2 Å². The average molecular weight is 276 g/mol. The first-order chi connectivity index (χ1) is 9.29. The van der Waals surface area contributed by atoms with Gasteiger partial charge in [-0.2, -0.15) is 0 Å². The Morgan fingerprint density at radius 1 is 1.40 bits per heavy atom. The normalized spacial score (nSPS) is 13.6. The highest BCUT2D eigenvalue weighted by molar-refractivity contribution is 6.00. The van der Waals surface area contributed by atoms with Gasteiger partial charge >= 0.3 is 5.97 Å². The summed E-state index contributed by atoms with van der Waals surface area (Å²) in [6.07, 6.45) is -0.133. The van der Waals surface area contributed by atoms with Gasteiger partial charge in [0.2, 0.25) is 5.91 Å². The van der Waals surface area contributed by atoms with E-state index in [0.717, 1.165) is 5.56 Å². The van der Waals surface area contributed by atoms with Gasteiger partial charge in [0.05, 0.1) is 5.41 Å². The third-order valence-electron chi connectivity index (χ3n) is 3.26. The molecule has 0 saturated heterocycles. The molecule has 0 aromatic heterocycles. The summed E-state index contributed by atoms with van der Waals surface area (Å²) < 4.78 is 0. The molecule has 0 saturated carbocycles. The van der Waals surface area contributed by atoms with Gasteiger partial charge < -0.3 is 15.7 Å². The number of amides is 2. The topological polar surface area (TPSA) is 95.5 Å². The van der Waals surface area contributed by atoms with Crippen molar-refractivity contribution in [3.8, 4) is 0 Å². The van der Waals surface area contributed by atoms with Crippen LogP contribution in [-0.4, -0.2) is 22.9 Å². The highest BCUT2D eigenvalue weighted by Crippen LogP contribution is 2.23. The largest absolute Gasteiger partial charge is 0.481 e. The minimum Gasteiger partial charge on any atom is -0.481 e. The van der Waals surface area contributed by atoms with Crippen LogP contribution in [0.25, 0.3) is 0 Å². The number of hydrogen-bond acceptors (Lipinski definition) is 3. The van der Waals surface area contributed by atoms with Crippen molar-refractivity contribution in [1.82, 2.24) is 5.32 Å². The van der Waals surface area contributed by atoms with Crippen LogP contribution in [0.2, 0.25) is 0 Å². The summed E-state index contributed by atoms with van der Waals surface area (Å²) in [6, 6.07) is 5.07. The van der Waals surface area contributed by atoms with Crippen molar-refractivity contribution in [1.29, 1.82) is 0 Å². The van der Waals surface area contributed by atoms with Gasteiger partial charge in [0.15, 0.2) is 0 Å². The number of carbonyl (C=O) groups excluding carboxylic acids is 2. The average Bonchev–Trinajstić information content (AvgIpc) is 2.70. The first-order valence-corrected chi connectivity index (χ1v) is 6.24. The fourth-order valence-corrected chi connectivity index (χ4v) is 1.97. The molecular formula is C14H16N2O4. The van der Waals surface area contributed by atoms with Crippen LogP contribution in [0, 0.1) is 5.41 Å². The standard InChI is InChI=1S/C14H16N2O4/c1-14(2,13(19)20)6-11(17)16-9-4-3-8-7-15-12(18)10(8)5-9/h3-5H,6-7H2,1-2H3,(H,15,18)(H,16,17)(H,19,20). The zero-order valence-corrected chi connectivity index (χ0v) is 11.3. The lowest BCUT2D eigenvalue weighted by Crippen LogP contribution is -2.29. The fourth-order valence-electron chi connectivity index (χ4n) is 1.97. The lowest BCUT2D eigenvalue weighted by Gasteiger charge is -2.18. The molecule has 0 radical (unpaired) electrons. The van der Waals surface area contributed by atoms with Crippen molar-refractivity contribution in [3.05, 3.63) is 29.3 Å². The second kappa shape index (κ2) is 4.96. The Morgan fingerprint density at radius 3 is 2.75 bits per heavy atom. The number of fused-ring (bicyclic) bond motifs is 1. The Morgan fingerprint density at radius 2 is 2.10 bits per heavy atom. The van der Waals surface area contributed by atoms with Crippen molar-refractivity contribution in [3.63, 3.8) is 0 Å². The maximum absolute atomic E-state index is 11.8. The van der Waals surface area contributed by atoms with Crippen molar-refractivity contribution >= 4 is 23.5 Å². The molecule has 0 bridgehead atoms. The number of carbonyl (C=O) groups is 3. The first kappa shape index (κ1) is 14.0. The molecule has 0 fully saturated rings. The van der Waals surface area contributed by atoms with Crippen molar-refractivity contribution in [2.45, 2.75) is 26.8 Å². The Balaban J connectivity index is 2.08. The van der Waals surface area contributed by atoms with Gasteiger partial charge in [-0.15, -0.1) is 0 Å². The van der Waals surface area contributed by atoms with E-state index in [1.165, 1.54) is 13.8 Å². The van der Waals surface area contributed by atoms with Crippen molar-refractivity contribution in [2.24, 2.45) is 5.41 Å². The van der Waals surface area contributed by atoms with E-state index >= 15 is 0 Å². The first-order valence-electron chi connectivity index (χ1n) is 6.24. The Kier molecular flexibility index (Phi) is 3.48. The van der Waals surface area contributed by atoms with E-state index in [4.69, 9.17) is 5.11 Å². The number of carboxylic acids is 1. The maximum atomic E-state index is 11.8. The SMILES string of the molecule is CC(C)(CC(=O)Nc1ccc2c(c1)C(=O)NC2)C(=O)O. The zero-order chi connectivity index (χ0) is 14.9. The van der Waals surface area contributed by atoms with Gasteiger partial charge in [-0.3, -0.25) is 14.4 Å². The Bertz CT molecular complexity index is 593. The molecule has 0 unspecified atom stereocenters. The molecular weight excluding hydrogens is 260 g/mol. The number of hydrogen-bond donors (Lipinski definition) is 3. The number of anilines is 1. The van der Waals surface area contributed by atoms with Gasteiger partial charge in [-0.05, 0) is 31.5 Å². The smallest absolute Gasteiger partial charge is 0.309 e. The van der Waals surface area contributed by atoms with E-state index in [2.05, 4.69) is 10.6 Å². The molecule has 20 heavy (non-hydrogen) atoms. The summed E-state index contributed by atoms with van der Waals surface area (Å²) in [5.41, 5.74) is 0.796. The summed E-state index contributed by atoms with van der Waals surface area (Å²) in [7, 11) is 0. The van der Waals surface area contributed by atoms with Crippen LogP contribution in [-0.2, 0) is 16.1 Å². The quantitative estimate of drug-likeness (QED) is 0.774. The minimum absolute atomic E-state index is 0.133. The van der Waals surface area contributed by atoms with Crippen LogP contribution in [0.4, 0.5) is 5.69 Å². The lowest BCUT2D eigenvalue weighted by atomic mass is 9.89. The van der Waals surface area contributed by atoms with Gasteiger partial charge in [-0.25, -0.2) is 0 Å². The number of carboxylic acid groups (broad SMARTS) is 1. The molecule has 0 atom stereocenters. The minimum atomic E-state index is -1.13. The third-order valence-corrected chi connectivity index (χ3v) is 3.26. The number of aliphatic carboxylic acids is 1. The highest BCUT2D eigenvalue weighted by atomic mass is 16.4. The van der Waals surface area contributed by atoms with E-state index in [0.29, 0.717) is 17.8 Å². The van der Waals surface area contributed by atoms with E-state index < -0.39 is 17.3 Å². The van der Waals surface area contributed by atoms with Crippen LogP contribution >= 0.6 is 0 Å². The van der Waals surface area contributed by atoms with Gasteiger partial charge in [0.25, 0.3) is 5.91 Å². The van der Waals surface area contributed by atoms with Crippen LogP contribution in [0.5, 0.6) is 0 Å². The maximum Gasteiger partial charge on any atom is 0.309 e. The van der Waals surface area contributed by atoms with E-state index in [-0.39, 0.29) is 12.3 Å². The summed E-state index contributed by atoms with van der Waals surface area (Å²) >= 11 is 0. The van der Waals surface area contributed by atoms with E-state index in [1.807, 2.05) is 0 Å². The summed E-state index contributed by atoms with van der Waals surface area (Å²) in [6.45, 7) is 3.48. The molecule has 6 heteroatoms. The molecule has 0 spiro atoms. The van der Waals surface area contributed by atoms with Gasteiger partial charge in [0.1, 0.15) is 0 Å². The van der Waals surface area contributed by atoms with Crippen molar-refractivity contribution in [2.75, 3.05) is 5.32 Å². The predicted molar refractivity (Wildman–Crippen MR) is 72.3 cm³/mol. The molecule has 106 valence electrons.